The first kappa shape index (κ1) is 26.5. The van der Waals surface area contributed by atoms with Crippen LogP contribution >= 0.6 is 15.9 Å². The highest BCUT2D eigenvalue weighted by molar-refractivity contribution is 9.10. The maximum Gasteiger partial charge on any atom is 0.258 e. The molecule has 2 fully saturated rings. The van der Waals surface area contributed by atoms with Crippen LogP contribution in [0.1, 0.15) is 38.3 Å². The maximum atomic E-state index is 14.0. The number of nitrogens with zero attached hydrogens (tertiary/aromatic N) is 9. The van der Waals surface area contributed by atoms with Crippen molar-refractivity contribution in [1.29, 1.82) is 0 Å². The Morgan fingerprint density at radius 1 is 1.08 bits per heavy atom. The second-order valence-electron chi connectivity index (χ2n) is 11.4. The number of hydrogen-bond donors (Lipinski definition) is 0. The molecule has 3 aromatic heterocycles. The van der Waals surface area contributed by atoms with Gasteiger partial charge < -0.3 is 14.4 Å². The molecule has 6 rings (SSSR count). The van der Waals surface area contributed by atoms with Gasteiger partial charge in [-0.15, -0.1) is 10.2 Å². The minimum atomic E-state index is -2.57. The molecule has 208 valence electrons. The van der Waals surface area contributed by atoms with Crippen molar-refractivity contribution in [3.8, 4) is 0 Å². The predicted molar refractivity (Wildman–Crippen MR) is 150 cm³/mol. The quantitative estimate of drug-likeness (QED) is 0.309. The Morgan fingerprint density at radius 2 is 1.82 bits per heavy atom. The first-order chi connectivity index (χ1) is 18.6. The first-order valence-electron chi connectivity index (χ1n) is 13.5. The molecule has 4 heterocycles. The molecule has 0 radical (unpaired) electrons. The zero-order valence-electron chi connectivity index (χ0n) is 22.7. The van der Waals surface area contributed by atoms with Crippen LogP contribution in [0.25, 0.3) is 16.9 Å². The molecule has 1 saturated carbocycles. The fraction of sp³-hybridized carbons (Fsp3) is 0.556. The zero-order valence-corrected chi connectivity index (χ0v) is 24.3. The lowest BCUT2D eigenvalue weighted by atomic mass is 9.73. The fourth-order valence-electron chi connectivity index (χ4n) is 6.22. The lowest BCUT2D eigenvalue weighted by Crippen LogP contribution is -2.59. The maximum absolute atomic E-state index is 14.0. The van der Waals surface area contributed by atoms with E-state index >= 15 is 0 Å². The first-order valence-corrected chi connectivity index (χ1v) is 14.3. The van der Waals surface area contributed by atoms with Gasteiger partial charge in [-0.2, -0.15) is 4.98 Å². The summed E-state index contributed by atoms with van der Waals surface area (Å²) in [5.74, 6) is -1.31. The van der Waals surface area contributed by atoms with Gasteiger partial charge in [-0.1, -0.05) is 28.1 Å². The second-order valence-corrected chi connectivity index (χ2v) is 12.3. The van der Waals surface area contributed by atoms with E-state index in [1.807, 2.05) is 22.9 Å². The van der Waals surface area contributed by atoms with E-state index in [0.717, 1.165) is 46.7 Å². The van der Waals surface area contributed by atoms with Crippen LogP contribution in [0.15, 0.2) is 41.4 Å². The third-order valence-corrected chi connectivity index (χ3v) is 8.75. The van der Waals surface area contributed by atoms with Crippen molar-refractivity contribution in [1.82, 2.24) is 38.9 Å². The van der Waals surface area contributed by atoms with E-state index < -0.39 is 5.92 Å². The van der Waals surface area contributed by atoms with E-state index in [1.165, 1.54) is 0 Å². The van der Waals surface area contributed by atoms with Crippen molar-refractivity contribution in [3.05, 3.63) is 47.0 Å². The molecule has 3 atom stereocenters. The number of hydrogen-bond acceptors (Lipinski definition) is 7. The van der Waals surface area contributed by atoms with Crippen molar-refractivity contribution >= 4 is 38.7 Å². The third-order valence-electron chi connectivity index (χ3n) is 8.22. The number of aromatic nitrogens is 6. The monoisotopic (exact) mass is 601 g/mol. The van der Waals surface area contributed by atoms with E-state index in [4.69, 9.17) is 9.97 Å². The number of rotatable bonds is 7. The summed E-state index contributed by atoms with van der Waals surface area (Å²) in [5.41, 5.74) is 2.83. The molecule has 1 saturated heterocycles. The van der Waals surface area contributed by atoms with E-state index in [2.05, 4.69) is 85.5 Å². The van der Waals surface area contributed by atoms with Crippen LogP contribution in [-0.4, -0.2) is 90.7 Å². The Hall–Kier alpha value is -2.70. The summed E-state index contributed by atoms with van der Waals surface area (Å²) in [6.07, 6.45) is 3.42. The van der Waals surface area contributed by atoms with Crippen LogP contribution in [0.3, 0.4) is 0 Å². The molecule has 0 amide bonds. The summed E-state index contributed by atoms with van der Waals surface area (Å²) in [7, 11) is 4.10. The Kier molecular flexibility index (Phi) is 6.83. The van der Waals surface area contributed by atoms with E-state index in [-0.39, 0.29) is 36.9 Å². The van der Waals surface area contributed by atoms with E-state index in [9.17, 15) is 8.78 Å². The SMILES string of the molecule is C[C@@H]1CN(c2nc3nncn3c3c2ncn3CCN(C)C)[C@@H](C)CN1C(c1ccc(Br)cc1)C1CC(F)(F)C1. The molecule has 39 heavy (non-hydrogen) atoms. The lowest BCUT2D eigenvalue weighted by Gasteiger charge is -2.52. The number of imidazole rings is 1. The number of alkyl halides is 2. The smallest absolute Gasteiger partial charge is 0.258 e. The molecule has 2 aliphatic rings. The second kappa shape index (κ2) is 10.0. The van der Waals surface area contributed by atoms with Gasteiger partial charge in [0.2, 0.25) is 5.92 Å². The van der Waals surface area contributed by atoms with Gasteiger partial charge in [-0.25, -0.2) is 18.2 Å². The van der Waals surface area contributed by atoms with Gasteiger partial charge in [0.15, 0.2) is 11.5 Å². The molecule has 1 aliphatic carbocycles. The largest absolute Gasteiger partial charge is 0.349 e. The van der Waals surface area contributed by atoms with Crippen molar-refractivity contribution in [3.63, 3.8) is 0 Å². The zero-order chi connectivity index (χ0) is 27.5. The molecular weight excluding hydrogens is 568 g/mol. The lowest BCUT2D eigenvalue weighted by molar-refractivity contribution is -0.137. The van der Waals surface area contributed by atoms with Crippen LogP contribution in [-0.2, 0) is 6.54 Å². The molecule has 1 aliphatic heterocycles. The highest BCUT2D eigenvalue weighted by atomic mass is 79.9. The molecule has 0 bridgehead atoms. The summed E-state index contributed by atoms with van der Waals surface area (Å²) in [6.45, 7) is 7.44. The van der Waals surface area contributed by atoms with Crippen LogP contribution in [0.5, 0.6) is 0 Å². The number of piperazine rings is 1. The Balaban J connectivity index is 1.33. The Labute approximate surface area is 234 Å². The third kappa shape index (κ3) is 4.91. The topological polar surface area (TPSA) is 70.6 Å². The van der Waals surface area contributed by atoms with Gasteiger partial charge in [0.1, 0.15) is 11.8 Å². The summed E-state index contributed by atoms with van der Waals surface area (Å²) in [4.78, 5) is 16.6. The number of fused-ring (bicyclic) bond motifs is 3. The van der Waals surface area contributed by atoms with Crippen molar-refractivity contribution in [2.45, 2.75) is 57.3 Å². The van der Waals surface area contributed by atoms with Gasteiger partial charge in [0, 0.05) is 61.6 Å². The molecule has 1 aromatic carbocycles. The van der Waals surface area contributed by atoms with Crippen LogP contribution in [0.2, 0.25) is 0 Å². The summed E-state index contributed by atoms with van der Waals surface area (Å²) < 4.78 is 33.1. The normalized spacial score (nSPS) is 23.1. The van der Waals surface area contributed by atoms with E-state index in [1.54, 1.807) is 6.33 Å². The Bertz CT molecular complexity index is 1460. The number of likely N-dealkylation sites (N-methyl/N-ethyl adjacent to an activating group) is 1. The van der Waals surface area contributed by atoms with Crippen molar-refractivity contribution in [2.75, 3.05) is 38.6 Å². The van der Waals surface area contributed by atoms with Gasteiger partial charge in [-0.05, 0) is 51.6 Å². The molecule has 1 unspecified atom stereocenters. The molecule has 12 heteroatoms. The predicted octanol–water partition coefficient (Wildman–Crippen LogP) is 4.48. The minimum Gasteiger partial charge on any atom is -0.349 e. The standard InChI is InChI=1S/C27H34BrF2N9/c1-17-14-38(24-22-25(39-16-32-34-26(39)33-24)36(15-31-22)10-9-35(3)4)18(2)13-37(17)23(20-11-27(29,30)12-20)19-5-7-21(28)8-6-19/h5-8,15-18,20,23H,9-14H2,1-4H3/t17-,18+,23?/m1/s1. The van der Waals surface area contributed by atoms with Gasteiger partial charge in [0.25, 0.3) is 5.78 Å². The van der Waals surface area contributed by atoms with Crippen LogP contribution < -0.4 is 4.90 Å². The average Bonchev–Trinajstić information content (AvgIpc) is 3.51. The Morgan fingerprint density at radius 3 is 2.51 bits per heavy atom. The van der Waals surface area contributed by atoms with Gasteiger partial charge in [0.05, 0.1) is 6.33 Å². The highest BCUT2D eigenvalue weighted by Gasteiger charge is 2.51. The minimum absolute atomic E-state index is 0.0606. The van der Waals surface area contributed by atoms with Crippen molar-refractivity contribution < 1.29 is 8.78 Å². The summed E-state index contributed by atoms with van der Waals surface area (Å²) in [6, 6.07) is 8.29. The summed E-state index contributed by atoms with van der Waals surface area (Å²) >= 11 is 3.52. The molecule has 0 spiro atoms. The van der Waals surface area contributed by atoms with E-state index in [0.29, 0.717) is 12.3 Å². The van der Waals surface area contributed by atoms with Gasteiger partial charge in [-0.3, -0.25) is 4.90 Å². The number of anilines is 1. The average molecular weight is 603 g/mol. The van der Waals surface area contributed by atoms with Gasteiger partial charge >= 0.3 is 0 Å². The number of halogens is 3. The molecular formula is C27H34BrF2N9. The number of benzene rings is 1. The fourth-order valence-corrected chi connectivity index (χ4v) is 6.49. The van der Waals surface area contributed by atoms with Crippen LogP contribution in [0.4, 0.5) is 14.6 Å². The van der Waals surface area contributed by atoms with Crippen molar-refractivity contribution in [2.24, 2.45) is 5.92 Å². The highest BCUT2D eigenvalue weighted by Crippen LogP contribution is 2.51. The molecule has 9 nitrogen and oxygen atoms in total. The van der Waals surface area contributed by atoms with Crippen LogP contribution in [0, 0.1) is 5.92 Å². The molecule has 4 aromatic rings. The summed E-state index contributed by atoms with van der Waals surface area (Å²) in [5, 5.41) is 8.39. The molecule has 0 N–H and O–H groups in total.